The molecule has 10 nitrogen and oxygen atoms in total. The van der Waals surface area contributed by atoms with E-state index in [1.54, 1.807) is 36.4 Å². The van der Waals surface area contributed by atoms with Crippen molar-refractivity contribution in [2.75, 3.05) is 52.9 Å². The Morgan fingerprint density at radius 1 is 0.548 bits per heavy atom. The number of carboxylic acid groups (broad SMARTS) is 2. The summed E-state index contributed by atoms with van der Waals surface area (Å²) in [5, 5.41) is 18.5. The van der Waals surface area contributed by atoms with Crippen molar-refractivity contribution in [2.45, 2.75) is 26.2 Å². The van der Waals surface area contributed by atoms with Gasteiger partial charge in [-0.25, -0.2) is 9.59 Å². The highest BCUT2D eigenvalue weighted by molar-refractivity contribution is 5.91. The summed E-state index contributed by atoms with van der Waals surface area (Å²) in [6.07, 6.45) is 0. The van der Waals surface area contributed by atoms with Crippen molar-refractivity contribution in [3.63, 3.8) is 0 Å². The first-order chi connectivity index (χ1) is 20.2. The first-order valence-corrected chi connectivity index (χ1v) is 13.6. The van der Waals surface area contributed by atoms with Crippen molar-refractivity contribution in [1.82, 2.24) is 0 Å². The van der Waals surface area contributed by atoms with Crippen LogP contribution >= 0.6 is 0 Å². The van der Waals surface area contributed by atoms with Gasteiger partial charge in [0.05, 0.1) is 26.4 Å². The van der Waals surface area contributed by atoms with E-state index < -0.39 is 11.9 Å². The van der Waals surface area contributed by atoms with Crippen molar-refractivity contribution in [2.24, 2.45) is 0 Å². The largest absolute Gasteiger partial charge is 0.490 e. The van der Waals surface area contributed by atoms with Crippen molar-refractivity contribution in [3.8, 4) is 23.0 Å². The summed E-state index contributed by atoms with van der Waals surface area (Å²) in [7, 11) is 0. The van der Waals surface area contributed by atoms with E-state index in [4.69, 9.17) is 28.4 Å². The van der Waals surface area contributed by atoms with E-state index in [1.165, 1.54) is 12.1 Å². The Morgan fingerprint density at radius 2 is 0.952 bits per heavy atom. The van der Waals surface area contributed by atoms with Crippen molar-refractivity contribution < 1.29 is 48.2 Å². The van der Waals surface area contributed by atoms with E-state index in [2.05, 4.69) is 20.8 Å². The SMILES string of the molecule is CC(C)(C)c1ccc(OCCOCCOc2ccccc2C(=O)O)c(OCCOCCOc2ccccc2C(=O)O)c1. The van der Waals surface area contributed by atoms with Gasteiger partial charge in [0.2, 0.25) is 0 Å². The molecule has 0 spiro atoms. The quantitative estimate of drug-likeness (QED) is 0.190. The summed E-state index contributed by atoms with van der Waals surface area (Å²) in [5.41, 5.74) is 1.21. The second kappa shape index (κ2) is 16.2. The second-order valence-electron chi connectivity index (χ2n) is 10.1. The van der Waals surface area contributed by atoms with Gasteiger partial charge in [-0.3, -0.25) is 0 Å². The fraction of sp³-hybridized carbons (Fsp3) is 0.375. The molecule has 3 aromatic carbocycles. The van der Waals surface area contributed by atoms with Crippen LogP contribution in [0.25, 0.3) is 0 Å². The lowest BCUT2D eigenvalue weighted by Gasteiger charge is -2.21. The normalized spacial score (nSPS) is 11.1. The third-order valence-electron chi connectivity index (χ3n) is 5.99. The van der Waals surface area contributed by atoms with Crippen LogP contribution in [0, 0.1) is 0 Å². The number of para-hydroxylation sites is 2. The lowest BCUT2D eigenvalue weighted by atomic mass is 9.87. The maximum Gasteiger partial charge on any atom is 0.339 e. The fourth-order valence-electron chi connectivity index (χ4n) is 3.79. The lowest BCUT2D eigenvalue weighted by Crippen LogP contribution is -2.16. The highest BCUT2D eigenvalue weighted by Crippen LogP contribution is 2.33. The molecule has 0 aliphatic carbocycles. The van der Waals surface area contributed by atoms with Crippen LogP contribution in [-0.2, 0) is 14.9 Å². The van der Waals surface area contributed by atoms with Crippen molar-refractivity contribution >= 4 is 11.9 Å². The predicted octanol–water partition coefficient (Wildman–Crippen LogP) is 5.33. The molecule has 226 valence electrons. The minimum Gasteiger partial charge on any atom is -0.490 e. The van der Waals surface area contributed by atoms with Gasteiger partial charge >= 0.3 is 11.9 Å². The monoisotopic (exact) mass is 582 g/mol. The molecule has 0 saturated carbocycles. The van der Waals surface area contributed by atoms with E-state index in [9.17, 15) is 19.8 Å². The van der Waals surface area contributed by atoms with E-state index in [0.717, 1.165) is 5.56 Å². The van der Waals surface area contributed by atoms with Crippen LogP contribution in [-0.4, -0.2) is 75.0 Å². The van der Waals surface area contributed by atoms with E-state index >= 15 is 0 Å². The summed E-state index contributed by atoms with van der Waals surface area (Å²) < 4.78 is 34.2. The molecule has 0 unspecified atom stereocenters. The molecule has 0 aliphatic rings. The van der Waals surface area contributed by atoms with Gasteiger partial charge in [0.25, 0.3) is 0 Å². The summed E-state index contributed by atoms with van der Waals surface area (Å²) in [6.45, 7) is 8.46. The zero-order chi connectivity index (χ0) is 30.4. The average Bonchev–Trinajstić information content (AvgIpc) is 2.96. The third kappa shape index (κ3) is 10.3. The van der Waals surface area contributed by atoms with Crippen LogP contribution < -0.4 is 18.9 Å². The van der Waals surface area contributed by atoms with Gasteiger partial charge in [0, 0.05) is 0 Å². The smallest absolute Gasteiger partial charge is 0.339 e. The van der Waals surface area contributed by atoms with Crippen LogP contribution in [0.15, 0.2) is 66.7 Å². The molecule has 0 bridgehead atoms. The average molecular weight is 583 g/mol. The lowest BCUT2D eigenvalue weighted by molar-refractivity contribution is 0.0647. The molecule has 42 heavy (non-hydrogen) atoms. The van der Waals surface area contributed by atoms with Crippen molar-refractivity contribution in [3.05, 3.63) is 83.4 Å². The Hall–Kier alpha value is -4.28. The zero-order valence-corrected chi connectivity index (χ0v) is 24.2. The van der Waals surface area contributed by atoms with Gasteiger partial charge in [-0.15, -0.1) is 0 Å². The molecule has 0 aromatic heterocycles. The number of aromatic carboxylic acids is 2. The number of carboxylic acids is 2. The molecule has 0 aliphatic heterocycles. The standard InChI is InChI=1S/C32H38O10/c1-32(2,3)23-12-13-28(41-20-16-37-14-18-39-26-10-6-4-8-24(26)30(33)34)29(22-23)42-21-17-38-15-19-40-27-11-7-5-9-25(27)31(35)36/h4-13,22H,14-21H2,1-3H3,(H,33,34)(H,35,36). The Bertz CT molecular complexity index is 1300. The van der Waals surface area contributed by atoms with Crippen LogP contribution in [0.4, 0.5) is 0 Å². The van der Waals surface area contributed by atoms with Gasteiger partial charge in [0.15, 0.2) is 11.5 Å². The van der Waals surface area contributed by atoms with E-state index in [-0.39, 0.29) is 56.2 Å². The number of ether oxygens (including phenoxy) is 6. The molecule has 0 fully saturated rings. The first kappa shape index (κ1) is 32.2. The molecule has 0 heterocycles. The molecule has 2 N–H and O–H groups in total. The van der Waals surface area contributed by atoms with Crippen LogP contribution in [0.3, 0.4) is 0 Å². The number of benzene rings is 3. The molecular weight excluding hydrogens is 544 g/mol. The summed E-state index contributed by atoms with van der Waals surface area (Å²) in [5.74, 6) is -0.334. The molecule has 0 atom stereocenters. The third-order valence-corrected chi connectivity index (χ3v) is 5.99. The highest BCUT2D eigenvalue weighted by atomic mass is 16.6. The first-order valence-electron chi connectivity index (χ1n) is 13.6. The number of carbonyl (C=O) groups is 2. The number of hydrogen-bond donors (Lipinski definition) is 2. The van der Waals surface area contributed by atoms with Crippen LogP contribution in [0.5, 0.6) is 23.0 Å². The molecule has 0 saturated heterocycles. The van der Waals surface area contributed by atoms with E-state index in [1.807, 2.05) is 18.2 Å². The van der Waals surface area contributed by atoms with Gasteiger partial charge in [-0.05, 0) is 47.4 Å². The van der Waals surface area contributed by atoms with Crippen LogP contribution in [0.2, 0.25) is 0 Å². The molecule has 3 rings (SSSR count). The van der Waals surface area contributed by atoms with Crippen LogP contribution in [0.1, 0.15) is 47.1 Å². The summed E-state index contributed by atoms with van der Waals surface area (Å²) in [4.78, 5) is 22.6. The molecule has 10 heteroatoms. The predicted molar refractivity (Wildman–Crippen MR) is 156 cm³/mol. The fourth-order valence-corrected chi connectivity index (χ4v) is 3.79. The maximum absolute atomic E-state index is 11.3. The van der Waals surface area contributed by atoms with Gasteiger partial charge in [-0.1, -0.05) is 51.1 Å². The Kier molecular flexibility index (Phi) is 12.5. The highest BCUT2D eigenvalue weighted by Gasteiger charge is 2.17. The number of hydrogen-bond acceptors (Lipinski definition) is 8. The Labute approximate surface area is 245 Å². The topological polar surface area (TPSA) is 130 Å². The molecule has 3 aromatic rings. The zero-order valence-electron chi connectivity index (χ0n) is 24.2. The summed E-state index contributed by atoms with van der Waals surface area (Å²) in [6, 6.07) is 18.7. The molecule has 0 amide bonds. The molecular formula is C32H38O10. The minimum atomic E-state index is -1.05. The maximum atomic E-state index is 11.3. The second-order valence-corrected chi connectivity index (χ2v) is 10.1. The van der Waals surface area contributed by atoms with E-state index in [0.29, 0.717) is 36.2 Å². The Balaban J connectivity index is 1.40. The van der Waals surface area contributed by atoms with Gasteiger partial charge < -0.3 is 38.6 Å². The van der Waals surface area contributed by atoms with Gasteiger partial charge in [-0.2, -0.15) is 0 Å². The number of rotatable bonds is 18. The Morgan fingerprint density at radius 3 is 1.38 bits per heavy atom. The van der Waals surface area contributed by atoms with Gasteiger partial charge in [0.1, 0.15) is 49.1 Å². The summed E-state index contributed by atoms with van der Waals surface area (Å²) >= 11 is 0. The molecule has 0 radical (unpaired) electrons. The van der Waals surface area contributed by atoms with Crippen molar-refractivity contribution in [1.29, 1.82) is 0 Å². The minimum absolute atomic E-state index is 0.0842.